The summed E-state index contributed by atoms with van der Waals surface area (Å²) < 4.78 is 26.7. The highest BCUT2D eigenvalue weighted by atomic mass is 32.2. The van der Waals surface area contributed by atoms with Crippen molar-refractivity contribution in [2.45, 2.75) is 25.0 Å². The normalized spacial score (nSPS) is 17.6. The van der Waals surface area contributed by atoms with E-state index in [1.54, 1.807) is 24.5 Å². The fourth-order valence-corrected chi connectivity index (χ4v) is 4.26. The van der Waals surface area contributed by atoms with E-state index in [9.17, 15) is 8.42 Å². The number of nitrogens with one attached hydrogen (secondary N) is 1. The summed E-state index contributed by atoms with van der Waals surface area (Å²) in [5, 5.41) is 2.92. The highest BCUT2D eigenvalue weighted by molar-refractivity contribution is 7.93. The second-order valence-corrected chi connectivity index (χ2v) is 6.50. The summed E-state index contributed by atoms with van der Waals surface area (Å²) in [6, 6.07) is 3.48. The zero-order chi connectivity index (χ0) is 13.0. The molecule has 0 bridgehead atoms. The minimum absolute atomic E-state index is 0.271. The minimum Gasteiger partial charge on any atom is -0.317 e. The fraction of sp³-hybridized carbons (Fsp3) is 0.583. The lowest BCUT2D eigenvalue weighted by atomic mass is 10.2. The SMILES string of the molecule is CCN(c1ccncc1)S(=O)(=O)C1CCNCC1. The van der Waals surface area contributed by atoms with Crippen LogP contribution in [0.4, 0.5) is 5.69 Å². The van der Waals surface area contributed by atoms with Crippen molar-refractivity contribution in [3.8, 4) is 0 Å². The van der Waals surface area contributed by atoms with Crippen molar-refractivity contribution < 1.29 is 8.42 Å². The van der Waals surface area contributed by atoms with Crippen LogP contribution in [0.15, 0.2) is 24.5 Å². The molecule has 0 atom stereocenters. The summed E-state index contributed by atoms with van der Waals surface area (Å²) in [7, 11) is -3.26. The molecule has 1 aliphatic heterocycles. The maximum atomic E-state index is 12.6. The monoisotopic (exact) mass is 269 g/mol. The summed E-state index contributed by atoms with van der Waals surface area (Å²) >= 11 is 0. The van der Waals surface area contributed by atoms with Gasteiger partial charge in [-0.15, -0.1) is 0 Å². The molecule has 18 heavy (non-hydrogen) atoms. The molecule has 1 fully saturated rings. The van der Waals surface area contributed by atoms with Crippen LogP contribution < -0.4 is 9.62 Å². The Kier molecular flexibility index (Phi) is 4.19. The van der Waals surface area contributed by atoms with Crippen molar-refractivity contribution in [1.29, 1.82) is 0 Å². The van der Waals surface area contributed by atoms with Crippen molar-refractivity contribution in [2.24, 2.45) is 0 Å². The van der Waals surface area contributed by atoms with Gasteiger partial charge in [0, 0.05) is 18.9 Å². The zero-order valence-electron chi connectivity index (χ0n) is 10.5. The number of anilines is 1. The van der Waals surface area contributed by atoms with Crippen LogP contribution >= 0.6 is 0 Å². The van der Waals surface area contributed by atoms with Crippen LogP contribution in [0.2, 0.25) is 0 Å². The Hall–Kier alpha value is -1.14. The van der Waals surface area contributed by atoms with E-state index < -0.39 is 10.0 Å². The molecule has 0 aliphatic carbocycles. The first-order chi connectivity index (χ1) is 8.66. The number of hydrogen-bond donors (Lipinski definition) is 1. The van der Waals surface area contributed by atoms with Crippen LogP contribution in [0.1, 0.15) is 19.8 Å². The van der Waals surface area contributed by atoms with Gasteiger partial charge in [0.2, 0.25) is 10.0 Å². The molecule has 1 aliphatic rings. The van der Waals surface area contributed by atoms with Gasteiger partial charge in [0.25, 0.3) is 0 Å². The van der Waals surface area contributed by atoms with Crippen LogP contribution in [-0.4, -0.2) is 38.3 Å². The molecule has 0 spiro atoms. The molecule has 0 unspecified atom stereocenters. The molecule has 1 N–H and O–H groups in total. The van der Waals surface area contributed by atoms with Crippen molar-refractivity contribution in [2.75, 3.05) is 23.9 Å². The maximum Gasteiger partial charge on any atom is 0.238 e. The molecule has 2 rings (SSSR count). The average Bonchev–Trinajstić information content (AvgIpc) is 2.41. The quantitative estimate of drug-likeness (QED) is 0.885. The topological polar surface area (TPSA) is 62.3 Å². The van der Waals surface area contributed by atoms with Gasteiger partial charge in [-0.1, -0.05) is 0 Å². The highest BCUT2D eigenvalue weighted by Gasteiger charge is 2.32. The number of aromatic nitrogens is 1. The molecule has 1 aromatic heterocycles. The Bertz CT molecular complexity index is 469. The first kappa shape index (κ1) is 13.3. The average molecular weight is 269 g/mol. The van der Waals surface area contributed by atoms with Gasteiger partial charge < -0.3 is 5.32 Å². The lowest BCUT2D eigenvalue weighted by molar-refractivity contribution is 0.494. The van der Waals surface area contributed by atoms with Gasteiger partial charge in [-0.25, -0.2) is 8.42 Å². The largest absolute Gasteiger partial charge is 0.317 e. The van der Waals surface area contributed by atoms with Crippen LogP contribution in [0.5, 0.6) is 0 Å². The number of nitrogens with zero attached hydrogens (tertiary/aromatic N) is 2. The smallest absolute Gasteiger partial charge is 0.238 e. The Labute approximate surface area is 108 Å². The highest BCUT2D eigenvalue weighted by Crippen LogP contribution is 2.23. The van der Waals surface area contributed by atoms with Crippen molar-refractivity contribution in [3.05, 3.63) is 24.5 Å². The van der Waals surface area contributed by atoms with Crippen LogP contribution in [0, 0.1) is 0 Å². The van der Waals surface area contributed by atoms with Crippen LogP contribution in [-0.2, 0) is 10.0 Å². The number of pyridine rings is 1. The third-order valence-corrected chi connectivity index (χ3v) is 5.65. The molecule has 0 saturated carbocycles. The minimum atomic E-state index is -3.26. The predicted octanol–water partition coefficient (Wildman–Crippen LogP) is 0.990. The van der Waals surface area contributed by atoms with Gasteiger partial charge in [-0.2, -0.15) is 0 Å². The van der Waals surface area contributed by atoms with Gasteiger partial charge in [0.1, 0.15) is 0 Å². The summed E-state index contributed by atoms with van der Waals surface area (Å²) in [6.45, 7) is 3.87. The lowest BCUT2D eigenvalue weighted by Crippen LogP contribution is -2.44. The van der Waals surface area contributed by atoms with E-state index in [2.05, 4.69) is 10.3 Å². The molecule has 0 radical (unpaired) electrons. The summed E-state index contributed by atoms with van der Waals surface area (Å²) in [4.78, 5) is 3.93. The molecular formula is C12H19N3O2S. The molecule has 2 heterocycles. The molecule has 0 aromatic carbocycles. The fourth-order valence-electron chi connectivity index (χ4n) is 2.29. The van der Waals surface area contributed by atoms with E-state index in [1.165, 1.54) is 4.31 Å². The Morgan fingerprint density at radius 3 is 2.50 bits per heavy atom. The third-order valence-electron chi connectivity index (χ3n) is 3.25. The van der Waals surface area contributed by atoms with Gasteiger partial charge >= 0.3 is 0 Å². The second-order valence-electron chi connectivity index (χ2n) is 4.36. The van der Waals surface area contributed by atoms with E-state index in [4.69, 9.17) is 0 Å². The van der Waals surface area contributed by atoms with Crippen LogP contribution in [0.3, 0.4) is 0 Å². The Morgan fingerprint density at radius 1 is 1.33 bits per heavy atom. The summed E-state index contributed by atoms with van der Waals surface area (Å²) in [5.41, 5.74) is 0.700. The van der Waals surface area contributed by atoms with Crippen molar-refractivity contribution >= 4 is 15.7 Å². The molecule has 100 valence electrons. The molecular weight excluding hydrogens is 250 g/mol. The van der Waals surface area contributed by atoms with E-state index >= 15 is 0 Å². The molecule has 6 heteroatoms. The van der Waals surface area contributed by atoms with E-state index in [-0.39, 0.29) is 5.25 Å². The number of hydrogen-bond acceptors (Lipinski definition) is 4. The second kappa shape index (κ2) is 5.67. The summed E-state index contributed by atoms with van der Waals surface area (Å²) in [6.07, 6.45) is 4.61. The van der Waals surface area contributed by atoms with Gasteiger partial charge in [0.15, 0.2) is 0 Å². The first-order valence-electron chi connectivity index (χ1n) is 6.28. The summed E-state index contributed by atoms with van der Waals surface area (Å²) in [5.74, 6) is 0. The third kappa shape index (κ3) is 2.64. The molecule has 0 amide bonds. The van der Waals surface area contributed by atoms with Crippen molar-refractivity contribution in [3.63, 3.8) is 0 Å². The number of piperidine rings is 1. The predicted molar refractivity (Wildman–Crippen MR) is 72.1 cm³/mol. The lowest BCUT2D eigenvalue weighted by Gasteiger charge is -2.30. The Morgan fingerprint density at radius 2 is 1.94 bits per heavy atom. The van der Waals surface area contributed by atoms with Crippen LogP contribution in [0.25, 0.3) is 0 Å². The van der Waals surface area contributed by atoms with Gasteiger partial charge in [0.05, 0.1) is 10.9 Å². The zero-order valence-corrected chi connectivity index (χ0v) is 11.4. The number of rotatable bonds is 4. The Balaban J connectivity index is 2.26. The number of sulfonamides is 1. The standard InChI is InChI=1S/C12H19N3O2S/c1-2-15(11-3-7-13-8-4-11)18(16,17)12-5-9-14-10-6-12/h3-4,7-8,12,14H,2,5-6,9-10H2,1H3. The molecule has 1 saturated heterocycles. The van der Waals surface area contributed by atoms with E-state index in [0.717, 1.165) is 13.1 Å². The molecule has 1 aromatic rings. The van der Waals surface area contributed by atoms with E-state index in [1.807, 2.05) is 6.92 Å². The van der Waals surface area contributed by atoms with Gasteiger partial charge in [-0.3, -0.25) is 9.29 Å². The molecule has 5 nitrogen and oxygen atoms in total. The van der Waals surface area contributed by atoms with E-state index in [0.29, 0.717) is 25.1 Å². The van der Waals surface area contributed by atoms with Gasteiger partial charge in [-0.05, 0) is 45.0 Å². The van der Waals surface area contributed by atoms with Crippen molar-refractivity contribution in [1.82, 2.24) is 10.3 Å². The first-order valence-corrected chi connectivity index (χ1v) is 7.79. The maximum absolute atomic E-state index is 12.6.